The Morgan fingerprint density at radius 1 is 1.38 bits per heavy atom. The Bertz CT molecular complexity index is 797. The first-order valence-electron chi connectivity index (χ1n) is 9.65. The number of amides is 1. The molecule has 3 fully saturated rings. The number of likely N-dealkylation sites (tertiary alicyclic amines) is 2. The molecule has 4 heterocycles. The molecule has 6 heteroatoms. The Balaban J connectivity index is 1.43. The van der Waals surface area contributed by atoms with E-state index >= 15 is 0 Å². The number of imidazole rings is 1. The normalized spacial score (nSPS) is 29.3. The average molecular weight is 371 g/mol. The number of thiophene rings is 1. The number of aryl methyl sites for hydroxylation is 1. The predicted octanol–water partition coefficient (Wildman–Crippen LogP) is 2.71. The highest BCUT2D eigenvalue weighted by Crippen LogP contribution is 2.50. The third kappa shape index (κ3) is 2.79. The fourth-order valence-corrected chi connectivity index (χ4v) is 5.53. The average Bonchev–Trinajstić information content (AvgIpc) is 2.98. The van der Waals surface area contributed by atoms with Crippen LogP contribution in [-0.2, 0) is 18.4 Å². The zero-order valence-corrected chi connectivity index (χ0v) is 16.1. The molecule has 2 atom stereocenters. The van der Waals surface area contributed by atoms with E-state index < -0.39 is 0 Å². The van der Waals surface area contributed by atoms with Gasteiger partial charge in [-0.2, -0.15) is 11.3 Å². The van der Waals surface area contributed by atoms with Gasteiger partial charge in [-0.05, 0) is 47.6 Å². The molecular weight excluding hydrogens is 344 g/mol. The summed E-state index contributed by atoms with van der Waals surface area (Å²) < 4.78 is 2.01. The minimum atomic E-state index is -0.279. The minimum absolute atomic E-state index is 0.207. The van der Waals surface area contributed by atoms with Gasteiger partial charge in [0, 0.05) is 51.9 Å². The Morgan fingerprint density at radius 3 is 2.96 bits per heavy atom. The lowest BCUT2D eigenvalue weighted by Gasteiger charge is -2.28. The van der Waals surface area contributed by atoms with Crippen LogP contribution in [0.2, 0.25) is 0 Å². The van der Waals surface area contributed by atoms with Gasteiger partial charge in [-0.25, -0.2) is 4.98 Å². The fourth-order valence-electron chi connectivity index (χ4n) is 4.87. The molecule has 26 heavy (non-hydrogen) atoms. The molecule has 138 valence electrons. The van der Waals surface area contributed by atoms with Gasteiger partial charge in [0.15, 0.2) is 0 Å². The number of carbonyl (C=O) groups is 1. The molecular formula is C20H26N4OS. The molecule has 3 aliphatic rings. The zero-order chi connectivity index (χ0) is 17.7. The molecule has 5 rings (SSSR count). The van der Waals surface area contributed by atoms with Crippen LogP contribution >= 0.6 is 11.3 Å². The van der Waals surface area contributed by atoms with Crippen LogP contribution in [0.15, 0.2) is 29.4 Å². The second kappa shape index (κ2) is 6.20. The van der Waals surface area contributed by atoms with Crippen molar-refractivity contribution in [1.82, 2.24) is 19.4 Å². The Hall–Kier alpha value is -1.66. The van der Waals surface area contributed by atoms with Crippen LogP contribution in [0.4, 0.5) is 0 Å². The maximum atomic E-state index is 13.5. The molecule has 2 saturated heterocycles. The van der Waals surface area contributed by atoms with Crippen molar-refractivity contribution in [2.24, 2.45) is 18.4 Å². The van der Waals surface area contributed by atoms with Crippen molar-refractivity contribution >= 4 is 17.2 Å². The monoisotopic (exact) mass is 370 g/mol. The summed E-state index contributed by atoms with van der Waals surface area (Å²) in [5.41, 5.74) is 2.16. The maximum Gasteiger partial charge on any atom is 0.230 e. The zero-order valence-electron chi connectivity index (χ0n) is 15.3. The van der Waals surface area contributed by atoms with Crippen LogP contribution in [0.3, 0.4) is 0 Å². The molecule has 1 spiro atoms. The summed E-state index contributed by atoms with van der Waals surface area (Å²) in [6.45, 7) is 4.62. The van der Waals surface area contributed by atoms with Gasteiger partial charge in [-0.15, -0.1) is 0 Å². The molecule has 0 bridgehead atoms. The van der Waals surface area contributed by atoms with Crippen molar-refractivity contribution in [1.29, 1.82) is 0 Å². The number of hydrogen-bond donors (Lipinski definition) is 0. The first-order valence-corrected chi connectivity index (χ1v) is 10.6. The summed E-state index contributed by atoms with van der Waals surface area (Å²) in [4.78, 5) is 22.8. The summed E-state index contributed by atoms with van der Waals surface area (Å²) in [6, 6.07) is 2.20. The van der Waals surface area contributed by atoms with Crippen LogP contribution in [-0.4, -0.2) is 51.4 Å². The third-order valence-corrected chi connectivity index (χ3v) is 7.13. The topological polar surface area (TPSA) is 41.4 Å². The van der Waals surface area contributed by atoms with Gasteiger partial charge in [-0.1, -0.05) is 0 Å². The van der Waals surface area contributed by atoms with E-state index in [2.05, 4.69) is 37.8 Å². The van der Waals surface area contributed by atoms with Gasteiger partial charge in [0.05, 0.1) is 17.4 Å². The van der Waals surface area contributed by atoms with Crippen molar-refractivity contribution in [2.75, 3.05) is 26.2 Å². The summed E-state index contributed by atoms with van der Waals surface area (Å²) in [5, 5.41) is 4.35. The maximum absolute atomic E-state index is 13.5. The Labute approximate surface area is 158 Å². The van der Waals surface area contributed by atoms with Gasteiger partial charge in [0.25, 0.3) is 0 Å². The standard InChI is InChI=1S/C20H26N4OS/c1-22-11-18(21-14-22)17-10-23(8-16-4-7-26-12-16)13-20(17)5-6-24(19(20)25)9-15-2-3-15/h4,7,11-12,14-15,17H,2-3,5-6,8-10,13H2,1H3/t17-,20+/m1/s1. The summed E-state index contributed by atoms with van der Waals surface area (Å²) in [5.74, 6) is 1.35. The number of carbonyl (C=O) groups excluding carboxylic acids is 1. The highest BCUT2D eigenvalue weighted by atomic mass is 32.1. The SMILES string of the molecule is Cn1cnc([C@H]2CN(Cc3ccsc3)C[C@@]23CCN(CC2CC2)C3=O)c1. The molecule has 5 nitrogen and oxygen atoms in total. The lowest BCUT2D eigenvalue weighted by Crippen LogP contribution is -2.40. The molecule has 0 unspecified atom stereocenters. The second-order valence-electron chi connectivity index (χ2n) is 8.42. The van der Waals surface area contributed by atoms with E-state index in [1.807, 2.05) is 17.9 Å². The Morgan fingerprint density at radius 2 is 2.27 bits per heavy atom. The van der Waals surface area contributed by atoms with Gasteiger partial charge in [0.2, 0.25) is 5.91 Å². The first-order chi connectivity index (χ1) is 12.6. The van der Waals surface area contributed by atoms with Gasteiger partial charge >= 0.3 is 0 Å². The van der Waals surface area contributed by atoms with Crippen molar-refractivity contribution in [2.45, 2.75) is 31.7 Å². The van der Waals surface area contributed by atoms with Crippen LogP contribution in [0.25, 0.3) is 0 Å². The van der Waals surface area contributed by atoms with E-state index in [9.17, 15) is 4.79 Å². The molecule has 0 radical (unpaired) electrons. The summed E-state index contributed by atoms with van der Waals surface area (Å²) >= 11 is 1.74. The van der Waals surface area contributed by atoms with Gasteiger partial charge in [0.1, 0.15) is 0 Å². The number of rotatable bonds is 5. The minimum Gasteiger partial charge on any atom is -0.342 e. The van der Waals surface area contributed by atoms with E-state index in [0.29, 0.717) is 5.91 Å². The number of nitrogens with zero attached hydrogens (tertiary/aromatic N) is 4. The molecule has 0 N–H and O–H groups in total. The lowest BCUT2D eigenvalue weighted by atomic mass is 9.75. The van der Waals surface area contributed by atoms with Gasteiger partial charge < -0.3 is 9.47 Å². The van der Waals surface area contributed by atoms with Crippen molar-refractivity contribution < 1.29 is 4.79 Å². The second-order valence-corrected chi connectivity index (χ2v) is 9.20. The highest BCUT2D eigenvalue weighted by molar-refractivity contribution is 7.07. The quantitative estimate of drug-likeness (QED) is 0.813. The molecule has 1 aliphatic carbocycles. The Kier molecular flexibility index (Phi) is 3.94. The van der Waals surface area contributed by atoms with Crippen molar-refractivity contribution in [3.05, 3.63) is 40.6 Å². The van der Waals surface area contributed by atoms with Crippen LogP contribution in [0.1, 0.15) is 36.4 Å². The van der Waals surface area contributed by atoms with E-state index in [-0.39, 0.29) is 11.3 Å². The predicted molar refractivity (Wildman–Crippen MR) is 102 cm³/mol. The lowest BCUT2D eigenvalue weighted by molar-refractivity contribution is -0.136. The first kappa shape index (κ1) is 16.5. The molecule has 1 saturated carbocycles. The van der Waals surface area contributed by atoms with Gasteiger partial charge in [-0.3, -0.25) is 9.69 Å². The molecule has 2 aromatic heterocycles. The molecule has 1 amide bonds. The van der Waals surface area contributed by atoms with Crippen molar-refractivity contribution in [3.8, 4) is 0 Å². The van der Waals surface area contributed by atoms with E-state index in [0.717, 1.165) is 50.8 Å². The smallest absolute Gasteiger partial charge is 0.230 e. The summed E-state index contributed by atoms with van der Waals surface area (Å²) in [6.07, 6.45) is 7.54. The largest absolute Gasteiger partial charge is 0.342 e. The van der Waals surface area contributed by atoms with Crippen LogP contribution in [0.5, 0.6) is 0 Å². The molecule has 2 aromatic rings. The number of aromatic nitrogens is 2. The molecule has 2 aliphatic heterocycles. The van der Waals surface area contributed by atoms with E-state index in [1.54, 1.807) is 11.3 Å². The molecule has 0 aromatic carbocycles. The third-order valence-electron chi connectivity index (χ3n) is 6.40. The van der Waals surface area contributed by atoms with E-state index in [1.165, 1.54) is 18.4 Å². The number of hydrogen-bond acceptors (Lipinski definition) is 4. The van der Waals surface area contributed by atoms with E-state index in [4.69, 9.17) is 0 Å². The van der Waals surface area contributed by atoms with Crippen LogP contribution < -0.4 is 0 Å². The van der Waals surface area contributed by atoms with Crippen LogP contribution in [0, 0.1) is 11.3 Å². The highest BCUT2D eigenvalue weighted by Gasteiger charge is 2.57. The summed E-state index contributed by atoms with van der Waals surface area (Å²) in [7, 11) is 2.01. The fraction of sp³-hybridized carbons (Fsp3) is 0.600. The van der Waals surface area contributed by atoms with Crippen molar-refractivity contribution in [3.63, 3.8) is 0 Å².